The number of aliphatic hydroxyl groups is 4. The van der Waals surface area contributed by atoms with Crippen molar-refractivity contribution in [2.75, 3.05) is 18.6 Å². The van der Waals surface area contributed by atoms with Crippen LogP contribution in [0.4, 0.5) is 0 Å². The summed E-state index contributed by atoms with van der Waals surface area (Å²) in [5, 5.41) is 42.0. The molecule has 5 N–H and O–H groups in total. The molecule has 0 aromatic heterocycles. The lowest BCUT2D eigenvalue weighted by Gasteiger charge is -2.39. The van der Waals surface area contributed by atoms with Crippen LogP contribution in [0.5, 0.6) is 0 Å². The Morgan fingerprint density at radius 1 is 1.23 bits per heavy atom. The Hall–Kier alpha value is -0.320. The summed E-state index contributed by atoms with van der Waals surface area (Å²) < 4.78 is 50.4. The van der Waals surface area contributed by atoms with Gasteiger partial charge in [-0.15, -0.1) is 0 Å². The van der Waals surface area contributed by atoms with Gasteiger partial charge in [0, 0.05) is 22.8 Å². The van der Waals surface area contributed by atoms with Gasteiger partial charge < -0.3 is 25.2 Å². The van der Waals surface area contributed by atoms with E-state index in [1.54, 1.807) is 6.26 Å². The van der Waals surface area contributed by atoms with Gasteiger partial charge in [0.2, 0.25) is 0 Å². The highest BCUT2D eigenvalue weighted by atomic mass is 32.3. The highest BCUT2D eigenvalue weighted by molar-refractivity contribution is 8.14. The molecule has 1 aliphatic heterocycles. The summed E-state index contributed by atoms with van der Waals surface area (Å²) in [5.74, 6) is 0.428. The number of oxime groups is 1. The van der Waals surface area contributed by atoms with Gasteiger partial charge in [-0.05, 0) is 19.3 Å². The third kappa shape index (κ3) is 8.14. The fourth-order valence-electron chi connectivity index (χ4n) is 2.10. The number of rotatable bonds is 9. The van der Waals surface area contributed by atoms with Crippen molar-refractivity contribution in [2.24, 2.45) is 5.16 Å². The molecule has 11 nitrogen and oxygen atoms in total. The Morgan fingerprint density at radius 2 is 1.88 bits per heavy atom. The van der Waals surface area contributed by atoms with Gasteiger partial charge in [0.05, 0.1) is 6.61 Å². The van der Waals surface area contributed by atoms with Crippen LogP contribution in [0.2, 0.25) is 0 Å². The molecule has 0 spiro atoms. The largest absolute Gasteiger partial charge is 0.466 e. The average molecular weight is 438 g/mol. The van der Waals surface area contributed by atoms with Gasteiger partial charge in [-0.2, -0.15) is 8.42 Å². The van der Waals surface area contributed by atoms with Gasteiger partial charge in [-0.3, -0.25) is 8.76 Å². The maximum atomic E-state index is 11.1. The summed E-state index contributed by atoms with van der Waals surface area (Å²) in [6.07, 6.45) is -3.09. The summed E-state index contributed by atoms with van der Waals surface area (Å²) in [4.78, 5) is 0. The first-order chi connectivity index (χ1) is 12.0. The molecule has 1 saturated heterocycles. The van der Waals surface area contributed by atoms with E-state index < -0.39 is 57.7 Å². The number of unbranched alkanes of at least 4 members (excludes halogenated alkanes) is 1. The third-order valence-corrected chi connectivity index (χ3v) is 5.71. The first kappa shape index (κ1) is 23.7. The quantitative estimate of drug-likeness (QED) is 0.0901. The number of thioether (sulfide) groups is 1. The minimum Gasteiger partial charge on any atom is -0.394 e. The molecule has 0 aromatic carbocycles. The third-order valence-electron chi connectivity index (χ3n) is 3.41. The van der Waals surface area contributed by atoms with Crippen molar-refractivity contribution in [3.8, 4) is 0 Å². The van der Waals surface area contributed by atoms with Gasteiger partial charge >= 0.3 is 10.4 Å². The van der Waals surface area contributed by atoms with Crippen LogP contribution in [0, 0.1) is 0 Å². The topological polar surface area (TPSA) is 183 Å². The van der Waals surface area contributed by atoms with Crippen LogP contribution in [-0.2, 0) is 30.2 Å². The summed E-state index contributed by atoms with van der Waals surface area (Å²) >= 11 is 0.717. The lowest BCUT2D eigenvalue weighted by molar-refractivity contribution is -0.205. The summed E-state index contributed by atoms with van der Waals surface area (Å²) in [6.45, 7) is -0.613. The first-order valence-corrected chi connectivity index (χ1v) is 11.5. The van der Waals surface area contributed by atoms with Crippen molar-refractivity contribution in [2.45, 2.75) is 49.1 Å². The number of hydrogen-bond acceptors (Lipinski definition) is 11. The predicted octanol–water partition coefficient (Wildman–Crippen LogP) is -1.80. The van der Waals surface area contributed by atoms with Crippen LogP contribution >= 0.6 is 11.8 Å². The zero-order valence-corrected chi connectivity index (χ0v) is 16.3. The lowest BCUT2D eigenvalue weighted by Crippen LogP contribution is -2.57. The van der Waals surface area contributed by atoms with E-state index in [-0.39, 0.29) is 11.5 Å². The molecule has 1 heterocycles. The van der Waals surface area contributed by atoms with Crippen molar-refractivity contribution >= 4 is 38.0 Å². The average Bonchev–Trinajstić information content (AvgIpc) is 2.55. The Labute approximate surface area is 157 Å². The Bertz CT molecular complexity index is 596. The SMILES string of the molecule is C[S@@](=O)CCCCC(=NOS(=O)(=O)O)S[C@@H]1OC(CO)[C@@H](O)[C@H](O)C1O. The lowest BCUT2D eigenvalue weighted by atomic mass is 10.0. The van der Waals surface area contributed by atoms with E-state index in [0.29, 0.717) is 18.6 Å². The van der Waals surface area contributed by atoms with E-state index in [1.807, 2.05) is 0 Å². The zero-order chi connectivity index (χ0) is 19.9. The van der Waals surface area contributed by atoms with Crippen molar-refractivity contribution < 1.29 is 46.6 Å². The van der Waals surface area contributed by atoms with Crippen molar-refractivity contribution in [1.82, 2.24) is 0 Å². The second-order valence-electron chi connectivity index (χ2n) is 5.54. The van der Waals surface area contributed by atoms with Crippen LogP contribution in [0.1, 0.15) is 19.3 Å². The maximum Gasteiger partial charge on any atom is 0.466 e. The van der Waals surface area contributed by atoms with E-state index in [9.17, 15) is 27.9 Å². The monoisotopic (exact) mass is 437 g/mol. The van der Waals surface area contributed by atoms with E-state index in [1.165, 1.54) is 0 Å². The van der Waals surface area contributed by atoms with Crippen molar-refractivity contribution in [3.63, 3.8) is 0 Å². The smallest absolute Gasteiger partial charge is 0.394 e. The molecule has 6 atom stereocenters. The highest BCUT2D eigenvalue weighted by Gasteiger charge is 2.44. The van der Waals surface area contributed by atoms with Crippen LogP contribution in [-0.4, -0.2) is 91.1 Å². The molecule has 0 radical (unpaired) electrons. The molecule has 0 aromatic rings. The van der Waals surface area contributed by atoms with Crippen LogP contribution in [0.25, 0.3) is 0 Å². The molecule has 154 valence electrons. The Kier molecular flexibility index (Phi) is 9.92. The zero-order valence-electron chi connectivity index (χ0n) is 13.9. The molecular formula is C12H23NO10S3. The number of nitrogens with zero attached hydrogens (tertiary/aromatic N) is 1. The molecule has 0 bridgehead atoms. The van der Waals surface area contributed by atoms with Gasteiger partial charge in [0.15, 0.2) is 0 Å². The number of ether oxygens (including phenoxy) is 1. The van der Waals surface area contributed by atoms with Crippen LogP contribution in [0.3, 0.4) is 0 Å². The normalized spacial score (nSPS) is 31.6. The molecule has 26 heavy (non-hydrogen) atoms. The standard InChI is InChI=1S/C12H23NO10S3/c1-25(18)5-3-2-4-8(13-23-26(19,20)21)24-12-11(17)10(16)9(15)7(6-14)22-12/h7,9-12,14-17H,2-6H2,1H3,(H,19,20,21)/t7?,9-,10+,11?,12+,25-/m1/s1. The molecule has 14 heteroatoms. The van der Waals surface area contributed by atoms with Crippen LogP contribution in [0.15, 0.2) is 5.16 Å². The summed E-state index contributed by atoms with van der Waals surface area (Å²) in [6, 6.07) is 0. The molecule has 0 saturated carbocycles. The number of hydrogen-bond donors (Lipinski definition) is 5. The van der Waals surface area contributed by atoms with Crippen LogP contribution < -0.4 is 0 Å². The summed E-state index contributed by atoms with van der Waals surface area (Å²) in [7, 11) is -5.83. The fourth-order valence-corrected chi connectivity index (χ4v) is 4.05. The molecular weight excluding hydrogens is 414 g/mol. The minimum absolute atomic E-state index is 0.0221. The maximum absolute atomic E-state index is 11.1. The van der Waals surface area contributed by atoms with E-state index in [2.05, 4.69) is 9.44 Å². The summed E-state index contributed by atoms with van der Waals surface area (Å²) in [5.41, 5.74) is -1.17. The van der Waals surface area contributed by atoms with Gasteiger partial charge in [0.25, 0.3) is 0 Å². The first-order valence-electron chi connectivity index (χ1n) is 7.55. The van der Waals surface area contributed by atoms with Gasteiger partial charge in [-0.25, -0.2) is 4.28 Å². The predicted molar refractivity (Wildman–Crippen MR) is 94.2 cm³/mol. The minimum atomic E-state index is -4.83. The Morgan fingerprint density at radius 3 is 2.42 bits per heavy atom. The van der Waals surface area contributed by atoms with Gasteiger partial charge in [0.1, 0.15) is 34.9 Å². The van der Waals surface area contributed by atoms with Crippen molar-refractivity contribution in [3.05, 3.63) is 0 Å². The highest BCUT2D eigenvalue weighted by Crippen LogP contribution is 2.30. The molecule has 1 rings (SSSR count). The molecule has 0 amide bonds. The number of aliphatic hydroxyl groups excluding tert-OH is 4. The fraction of sp³-hybridized carbons (Fsp3) is 0.917. The molecule has 0 aliphatic carbocycles. The second kappa shape index (κ2) is 10.9. The van der Waals surface area contributed by atoms with E-state index in [0.717, 1.165) is 11.8 Å². The molecule has 1 fully saturated rings. The van der Waals surface area contributed by atoms with Gasteiger partial charge in [-0.1, -0.05) is 16.9 Å². The van der Waals surface area contributed by atoms with E-state index >= 15 is 0 Å². The van der Waals surface area contributed by atoms with E-state index in [4.69, 9.17) is 14.4 Å². The Balaban J connectivity index is 2.80. The molecule has 1 aliphatic rings. The molecule has 2 unspecified atom stereocenters. The van der Waals surface area contributed by atoms with Crippen molar-refractivity contribution in [1.29, 1.82) is 0 Å². The second-order valence-corrected chi connectivity index (χ2v) is 9.27.